The van der Waals surface area contributed by atoms with Gasteiger partial charge >= 0.3 is 5.97 Å². The van der Waals surface area contributed by atoms with E-state index < -0.39 is 11.9 Å². The zero-order chi connectivity index (χ0) is 13.7. The second-order valence-corrected chi connectivity index (χ2v) is 5.60. The predicted molar refractivity (Wildman–Crippen MR) is 69.7 cm³/mol. The molecule has 108 valence electrons. The fourth-order valence-electron chi connectivity index (χ4n) is 3.06. The van der Waals surface area contributed by atoms with Gasteiger partial charge in [0.15, 0.2) is 0 Å². The lowest BCUT2D eigenvalue weighted by Gasteiger charge is -2.27. The molecule has 1 amide bonds. The topological polar surface area (TPSA) is 75.6 Å². The maximum atomic E-state index is 12.3. The first-order chi connectivity index (χ1) is 9.16. The maximum absolute atomic E-state index is 12.3. The van der Waals surface area contributed by atoms with Crippen molar-refractivity contribution in [3.8, 4) is 0 Å². The van der Waals surface area contributed by atoms with Gasteiger partial charge < -0.3 is 15.2 Å². The third kappa shape index (κ3) is 4.20. The van der Waals surface area contributed by atoms with E-state index in [-0.39, 0.29) is 24.5 Å². The van der Waals surface area contributed by atoms with Gasteiger partial charge in [0, 0.05) is 12.6 Å². The monoisotopic (exact) mass is 269 g/mol. The quantitative estimate of drug-likeness (QED) is 0.796. The summed E-state index contributed by atoms with van der Waals surface area (Å²) in [4.78, 5) is 23.2. The normalized spacial score (nSPS) is 26.0. The summed E-state index contributed by atoms with van der Waals surface area (Å²) in [5.74, 6) is -1.61. The zero-order valence-electron chi connectivity index (χ0n) is 11.3. The van der Waals surface area contributed by atoms with Crippen molar-refractivity contribution in [1.29, 1.82) is 0 Å². The minimum Gasteiger partial charge on any atom is -0.481 e. The van der Waals surface area contributed by atoms with Crippen molar-refractivity contribution in [2.45, 2.75) is 63.5 Å². The minimum absolute atomic E-state index is 0.136. The number of rotatable bonds is 5. The van der Waals surface area contributed by atoms with Crippen molar-refractivity contribution in [2.75, 3.05) is 6.61 Å². The summed E-state index contributed by atoms with van der Waals surface area (Å²) in [6.45, 7) is 0.636. The Labute approximate surface area is 113 Å². The number of amides is 1. The average Bonchev–Trinajstić information content (AvgIpc) is 2.90. The van der Waals surface area contributed by atoms with Crippen molar-refractivity contribution < 1.29 is 19.4 Å². The van der Waals surface area contributed by atoms with Crippen LogP contribution in [0.25, 0.3) is 0 Å². The van der Waals surface area contributed by atoms with Gasteiger partial charge in [-0.2, -0.15) is 0 Å². The summed E-state index contributed by atoms with van der Waals surface area (Å²) in [6.07, 6.45) is 6.89. The van der Waals surface area contributed by atoms with Crippen molar-refractivity contribution >= 4 is 11.9 Å². The molecule has 1 saturated carbocycles. The molecule has 1 aliphatic heterocycles. The van der Waals surface area contributed by atoms with E-state index in [2.05, 4.69) is 5.32 Å². The van der Waals surface area contributed by atoms with Crippen LogP contribution in [0.1, 0.15) is 51.4 Å². The first-order valence-corrected chi connectivity index (χ1v) is 7.30. The number of hydrogen-bond acceptors (Lipinski definition) is 3. The van der Waals surface area contributed by atoms with Crippen LogP contribution < -0.4 is 5.32 Å². The van der Waals surface area contributed by atoms with E-state index in [4.69, 9.17) is 9.84 Å². The highest BCUT2D eigenvalue weighted by Crippen LogP contribution is 2.24. The van der Waals surface area contributed by atoms with E-state index in [0.717, 1.165) is 38.5 Å². The van der Waals surface area contributed by atoms with Gasteiger partial charge in [-0.3, -0.25) is 9.59 Å². The van der Waals surface area contributed by atoms with E-state index >= 15 is 0 Å². The molecule has 0 bridgehead atoms. The van der Waals surface area contributed by atoms with E-state index in [1.165, 1.54) is 6.42 Å². The molecule has 0 unspecified atom stereocenters. The highest BCUT2D eigenvalue weighted by Gasteiger charge is 2.34. The average molecular weight is 269 g/mol. The second kappa shape index (κ2) is 6.89. The lowest BCUT2D eigenvalue weighted by molar-refractivity contribution is -0.144. The molecule has 1 aliphatic carbocycles. The van der Waals surface area contributed by atoms with Gasteiger partial charge in [-0.15, -0.1) is 0 Å². The van der Waals surface area contributed by atoms with Gasteiger partial charge in [0.2, 0.25) is 5.91 Å². The van der Waals surface area contributed by atoms with Gasteiger partial charge in [-0.1, -0.05) is 19.3 Å². The first kappa shape index (κ1) is 14.3. The van der Waals surface area contributed by atoms with Crippen LogP contribution in [0, 0.1) is 5.92 Å². The predicted octanol–water partition coefficient (Wildman–Crippen LogP) is 1.71. The van der Waals surface area contributed by atoms with Crippen molar-refractivity contribution in [3.05, 3.63) is 0 Å². The molecule has 2 rings (SSSR count). The molecular weight excluding hydrogens is 246 g/mol. The van der Waals surface area contributed by atoms with Crippen molar-refractivity contribution in [2.24, 2.45) is 5.92 Å². The highest BCUT2D eigenvalue weighted by molar-refractivity contribution is 5.84. The molecule has 5 nitrogen and oxygen atoms in total. The Morgan fingerprint density at radius 2 is 1.89 bits per heavy atom. The molecule has 1 heterocycles. The maximum Gasteiger partial charge on any atom is 0.304 e. The molecule has 1 saturated heterocycles. The molecule has 5 heteroatoms. The number of hydrogen-bond donors (Lipinski definition) is 2. The highest BCUT2D eigenvalue weighted by atomic mass is 16.5. The molecule has 2 fully saturated rings. The Bertz CT molecular complexity index is 319. The number of carbonyl (C=O) groups excluding carboxylic acids is 1. The third-order valence-corrected chi connectivity index (χ3v) is 4.10. The van der Waals surface area contributed by atoms with Crippen LogP contribution in [-0.2, 0) is 14.3 Å². The van der Waals surface area contributed by atoms with Gasteiger partial charge in [-0.05, 0) is 25.7 Å². The van der Waals surface area contributed by atoms with Crippen LogP contribution in [0.5, 0.6) is 0 Å². The van der Waals surface area contributed by atoms with Crippen LogP contribution >= 0.6 is 0 Å². The van der Waals surface area contributed by atoms with Crippen LogP contribution in [0.4, 0.5) is 0 Å². The van der Waals surface area contributed by atoms with Crippen molar-refractivity contribution in [1.82, 2.24) is 5.32 Å². The van der Waals surface area contributed by atoms with E-state index in [9.17, 15) is 9.59 Å². The standard InChI is InChI=1S/C14H23NO4/c16-13(17)9-11(12-7-4-8-19-12)14(18)15-10-5-2-1-3-6-10/h10-12H,1-9H2,(H,15,18)(H,16,17)/t11-,12-/m1/s1. The Morgan fingerprint density at radius 1 is 1.16 bits per heavy atom. The molecule has 2 atom stereocenters. The van der Waals surface area contributed by atoms with E-state index in [1.54, 1.807) is 0 Å². The number of carboxylic acids is 1. The fraction of sp³-hybridized carbons (Fsp3) is 0.857. The van der Waals surface area contributed by atoms with Gasteiger partial charge in [-0.25, -0.2) is 0 Å². The Hall–Kier alpha value is -1.10. The largest absolute Gasteiger partial charge is 0.481 e. The SMILES string of the molecule is O=C(O)C[C@@H](C(=O)NC1CCCCC1)[C@H]1CCCO1. The molecule has 0 aromatic rings. The molecule has 0 radical (unpaired) electrons. The van der Waals surface area contributed by atoms with Gasteiger partial charge in [0.1, 0.15) is 0 Å². The van der Waals surface area contributed by atoms with Crippen molar-refractivity contribution in [3.63, 3.8) is 0 Å². The molecule has 0 spiro atoms. The summed E-state index contributed by atoms with van der Waals surface area (Å²) < 4.78 is 5.50. The summed E-state index contributed by atoms with van der Waals surface area (Å²) in [5.41, 5.74) is 0. The summed E-state index contributed by atoms with van der Waals surface area (Å²) in [7, 11) is 0. The van der Waals surface area contributed by atoms with Crippen LogP contribution in [-0.4, -0.2) is 35.7 Å². The molecular formula is C14H23NO4. The fourth-order valence-corrected chi connectivity index (χ4v) is 3.06. The summed E-state index contributed by atoms with van der Waals surface area (Å²) in [5, 5.41) is 12.0. The van der Waals surface area contributed by atoms with E-state index in [1.807, 2.05) is 0 Å². The summed E-state index contributed by atoms with van der Waals surface area (Å²) in [6, 6.07) is 0.221. The molecule has 0 aromatic heterocycles. The molecule has 2 aliphatic rings. The minimum atomic E-state index is -0.931. The third-order valence-electron chi connectivity index (χ3n) is 4.10. The lowest BCUT2D eigenvalue weighted by atomic mass is 9.92. The number of ether oxygens (including phenoxy) is 1. The van der Waals surface area contributed by atoms with Crippen LogP contribution in [0.15, 0.2) is 0 Å². The Kier molecular flexibility index (Phi) is 5.19. The van der Waals surface area contributed by atoms with Crippen LogP contribution in [0.2, 0.25) is 0 Å². The lowest BCUT2D eigenvalue weighted by Crippen LogP contribution is -2.44. The van der Waals surface area contributed by atoms with E-state index in [0.29, 0.717) is 6.61 Å². The zero-order valence-corrected chi connectivity index (χ0v) is 11.3. The number of aliphatic carboxylic acids is 1. The Balaban J connectivity index is 1.91. The first-order valence-electron chi connectivity index (χ1n) is 7.30. The smallest absolute Gasteiger partial charge is 0.304 e. The molecule has 19 heavy (non-hydrogen) atoms. The Morgan fingerprint density at radius 3 is 2.47 bits per heavy atom. The van der Waals surface area contributed by atoms with Gasteiger partial charge in [0.05, 0.1) is 18.4 Å². The number of carbonyl (C=O) groups is 2. The number of nitrogens with one attached hydrogen (secondary N) is 1. The molecule has 2 N–H and O–H groups in total. The molecule has 0 aromatic carbocycles. The van der Waals surface area contributed by atoms with Gasteiger partial charge in [0.25, 0.3) is 0 Å². The second-order valence-electron chi connectivity index (χ2n) is 5.60. The summed E-state index contributed by atoms with van der Waals surface area (Å²) >= 11 is 0. The van der Waals surface area contributed by atoms with Crippen LogP contribution in [0.3, 0.4) is 0 Å². The number of carboxylic acid groups (broad SMARTS) is 1.